The van der Waals surface area contributed by atoms with E-state index < -0.39 is 10.0 Å². The summed E-state index contributed by atoms with van der Waals surface area (Å²) in [7, 11) is -1.62. The van der Waals surface area contributed by atoms with Gasteiger partial charge in [-0.05, 0) is 49.2 Å². The molecule has 1 heterocycles. The Labute approximate surface area is 153 Å². The normalized spacial score (nSPS) is 17.1. The smallest absolute Gasteiger partial charge is 0.254 e. The number of anilines is 1. The van der Waals surface area contributed by atoms with Gasteiger partial charge >= 0.3 is 0 Å². The van der Waals surface area contributed by atoms with Gasteiger partial charge in [0.2, 0.25) is 10.0 Å². The summed E-state index contributed by atoms with van der Waals surface area (Å²) in [5.41, 5.74) is 1.75. The Kier molecular flexibility index (Phi) is 5.00. The Bertz CT molecular complexity index is 913. The molecule has 0 spiro atoms. The van der Waals surface area contributed by atoms with Crippen LogP contribution >= 0.6 is 0 Å². The lowest BCUT2D eigenvalue weighted by Crippen LogP contribution is -2.30. The Hall–Kier alpha value is -2.41. The van der Waals surface area contributed by atoms with E-state index in [1.54, 1.807) is 48.3 Å². The Morgan fingerprint density at radius 2 is 1.88 bits per heavy atom. The van der Waals surface area contributed by atoms with Gasteiger partial charge in [-0.3, -0.25) is 9.10 Å². The molecule has 5 nitrogen and oxygen atoms in total. The van der Waals surface area contributed by atoms with E-state index in [1.165, 1.54) is 16.4 Å². The average Bonchev–Trinajstić information content (AvgIpc) is 2.99. The third kappa shape index (κ3) is 3.58. The number of sulfonamides is 1. The summed E-state index contributed by atoms with van der Waals surface area (Å²) < 4.78 is 38.6. The lowest BCUT2D eigenvalue weighted by molar-refractivity contribution is 0.0742. The van der Waals surface area contributed by atoms with E-state index in [2.05, 4.69) is 0 Å². The van der Waals surface area contributed by atoms with Crippen molar-refractivity contribution < 1.29 is 17.6 Å². The molecule has 3 rings (SSSR count). The minimum absolute atomic E-state index is 0.132. The van der Waals surface area contributed by atoms with Gasteiger partial charge in [-0.25, -0.2) is 12.8 Å². The molecule has 1 saturated heterocycles. The highest BCUT2D eigenvalue weighted by Crippen LogP contribution is 2.26. The summed E-state index contributed by atoms with van der Waals surface area (Å²) in [4.78, 5) is 14.4. The zero-order chi connectivity index (χ0) is 18.9. The van der Waals surface area contributed by atoms with Crippen molar-refractivity contribution in [1.29, 1.82) is 0 Å². The third-order valence-corrected chi connectivity index (χ3v) is 6.60. The summed E-state index contributed by atoms with van der Waals surface area (Å²) in [6, 6.07) is 12.4. The van der Waals surface area contributed by atoms with Crippen molar-refractivity contribution >= 4 is 21.6 Å². The SMILES string of the molecule is C[C@H](c1ccc(F)cc1)N(C)C(=O)c1cccc(N2CCCS2(=O)=O)c1. The molecule has 2 aromatic carbocycles. The van der Waals surface area contributed by atoms with E-state index in [4.69, 9.17) is 0 Å². The fraction of sp³-hybridized carbons (Fsp3) is 0.316. The first-order valence-corrected chi connectivity index (χ1v) is 10.0. The molecule has 0 aliphatic carbocycles. The zero-order valence-electron chi connectivity index (χ0n) is 14.7. The average molecular weight is 376 g/mol. The van der Waals surface area contributed by atoms with Crippen molar-refractivity contribution in [3.63, 3.8) is 0 Å². The van der Waals surface area contributed by atoms with Crippen molar-refractivity contribution in [2.75, 3.05) is 23.7 Å². The molecule has 0 saturated carbocycles. The van der Waals surface area contributed by atoms with Gasteiger partial charge in [0, 0.05) is 19.2 Å². The molecule has 1 aliphatic rings. The molecule has 1 fully saturated rings. The summed E-state index contributed by atoms with van der Waals surface area (Å²) >= 11 is 0. The van der Waals surface area contributed by atoms with Crippen LogP contribution in [0.2, 0.25) is 0 Å². The van der Waals surface area contributed by atoms with Gasteiger partial charge in [0.15, 0.2) is 0 Å². The van der Waals surface area contributed by atoms with Crippen LogP contribution in [-0.4, -0.2) is 38.6 Å². The molecule has 1 atom stereocenters. The molecule has 0 aromatic heterocycles. The van der Waals surface area contributed by atoms with Crippen molar-refractivity contribution in [2.45, 2.75) is 19.4 Å². The van der Waals surface area contributed by atoms with E-state index >= 15 is 0 Å². The molecular formula is C19H21FN2O3S. The molecule has 26 heavy (non-hydrogen) atoms. The van der Waals surface area contributed by atoms with Crippen LogP contribution in [0.3, 0.4) is 0 Å². The van der Waals surface area contributed by atoms with E-state index in [0.29, 0.717) is 24.2 Å². The maximum absolute atomic E-state index is 13.1. The number of nitrogens with zero attached hydrogens (tertiary/aromatic N) is 2. The Balaban J connectivity index is 1.83. The van der Waals surface area contributed by atoms with Crippen LogP contribution in [0.15, 0.2) is 48.5 Å². The predicted molar refractivity (Wildman–Crippen MR) is 99.1 cm³/mol. The van der Waals surface area contributed by atoms with E-state index in [-0.39, 0.29) is 23.5 Å². The molecule has 1 amide bonds. The third-order valence-electron chi connectivity index (χ3n) is 4.73. The van der Waals surface area contributed by atoms with Crippen LogP contribution < -0.4 is 4.31 Å². The largest absolute Gasteiger partial charge is 0.335 e. The van der Waals surface area contributed by atoms with Gasteiger partial charge in [-0.2, -0.15) is 0 Å². The van der Waals surface area contributed by atoms with Crippen LogP contribution in [0.1, 0.15) is 35.3 Å². The summed E-state index contributed by atoms with van der Waals surface area (Å²) in [5.74, 6) is -0.415. The molecule has 0 radical (unpaired) electrons. The molecule has 138 valence electrons. The minimum Gasteiger partial charge on any atom is -0.335 e. The number of amides is 1. The van der Waals surface area contributed by atoms with E-state index in [9.17, 15) is 17.6 Å². The monoisotopic (exact) mass is 376 g/mol. The van der Waals surface area contributed by atoms with Crippen LogP contribution in [0, 0.1) is 5.82 Å². The highest BCUT2D eigenvalue weighted by Gasteiger charge is 2.29. The first-order chi connectivity index (χ1) is 12.3. The van der Waals surface area contributed by atoms with Gasteiger partial charge in [-0.15, -0.1) is 0 Å². The molecular weight excluding hydrogens is 355 g/mol. The molecule has 0 unspecified atom stereocenters. The number of carbonyl (C=O) groups excluding carboxylic acids is 1. The molecule has 7 heteroatoms. The highest BCUT2D eigenvalue weighted by molar-refractivity contribution is 7.93. The fourth-order valence-corrected chi connectivity index (χ4v) is 4.62. The van der Waals surface area contributed by atoms with Crippen LogP contribution in [0.25, 0.3) is 0 Å². The number of benzene rings is 2. The number of carbonyl (C=O) groups is 1. The minimum atomic E-state index is -3.29. The van der Waals surface area contributed by atoms with Crippen LogP contribution in [0.4, 0.5) is 10.1 Å². The standard InChI is InChI=1S/C19H21FN2O3S/c1-14(15-7-9-17(20)10-8-15)21(2)19(23)16-5-3-6-18(13-16)22-11-4-12-26(22,24)25/h3,5-10,13-14H,4,11-12H2,1-2H3/t14-/m1/s1. The second-order valence-electron chi connectivity index (χ2n) is 6.44. The van der Waals surface area contributed by atoms with E-state index in [1.807, 2.05) is 6.92 Å². The predicted octanol–water partition coefficient (Wildman–Crippen LogP) is 3.20. The summed E-state index contributed by atoms with van der Waals surface area (Å²) in [5, 5.41) is 0. The molecule has 2 aromatic rings. The van der Waals surface area contributed by atoms with Crippen molar-refractivity contribution in [1.82, 2.24) is 4.90 Å². The Morgan fingerprint density at radius 1 is 1.19 bits per heavy atom. The number of rotatable bonds is 4. The van der Waals surface area contributed by atoms with Gasteiger partial charge in [-0.1, -0.05) is 18.2 Å². The first-order valence-electron chi connectivity index (χ1n) is 8.43. The lowest BCUT2D eigenvalue weighted by atomic mass is 10.1. The first kappa shape index (κ1) is 18.4. The van der Waals surface area contributed by atoms with Gasteiger partial charge < -0.3 is 4.90 Å². The van der Waals surface area contributed by atoms with Gasteiger partial charge in [0.05, 0.1) is 17.5 Å². The van der Waals surface area contributed by atoms with Crippen LogP contribution in [-0.2, 0) is 10.0 Å². The van der Waals surface area contributed by atoms with Crippen molar-refractivity contribution in [2.24, 2.45) is 0 Å². The number of hydrogen-bond acceptors (Lipinski definition) is 3. The van der Waals surface area contributed by atoms with Crippen molar-refractivity contribution in [3.05, 3.63) is 65.5 Å². The molecule has 1 aliphatic heterocycles. The maximum atomic E-state index is 13.1. The molecule has 0 N–H and O–H groups in total. The number of halogens is 1. The van der Waals surface area contributed by atoms with Gasteiger partial charge in [0.25, 0.3) is 5.91 Å². The lowest BCUT2D eigenvalue weighted by Gasteiger charge is -2.26. The van der Waals surface area contributed by atoms with Gasteiger partial charge in [0.1, 0.15) is 5.82 Å². The van der Waals surface area contributed by atoms with Crippen LogP contribution in [0.5, 0.6) is 0 Å². The Morgan fingerprint density at radius 3 is 2.50 bits per heavy atom. The summed E-state index contributed by atoms with van der Waals surface area (Å²) in [6.07, 6.45) is 0.585. The maximum Gasteiger partial charge on any atom is 0.254 e. The number of hydrogen-bond donors (Lipinski definition) is 0. The summed E-state index contributed by atoms with van der Waals surface area (Å²) in [6.45, 7) is 2.29. The second kappa shape index (κ2) is 7.07. The highest BCUT2D eigenvalue weighted by atomic mass is 32.2. The fourth-order valence-electron chi connectivity index (χ4n) is 3.07. The van der Waals surface area contributed by atoms with Crippen molar-refractivity contribution in [3.8, 4) is 0 Å². The quantitative estimate of drug-likeness (QED) is 0.823. The second-order valence-corrected chi connectivity index (χ2v) is 8.45. The van der Waals surface area contributed by atoms with E-state index in [0.717, 1.165) is 5.56 Å². The topological polar surface area (TPSA) is 57.7 Å². The molecule has 0 bridgehead atoms. The zero-order valence-corrected chi connectivity index (χ0v) is 15.5.